The summed E-state index contributed by atoms with van der Waals surface area (Å²) in [7, 11) is 0. The van der Waals surface area contributed by atoms with Crippen molar-refractivity contribution < 1.29 is 5.11 Å². The number of hydrogen-bond acceptors (Lipinski definition) is 4. The van der Waals surface area contributed by atoms with Crippen molar-refractivity contribution in [3.63, 3.8) is 0 Å². The number of thiophene rings is 1. The molecule has 2 unspecified atom stereocenters. The smallest absolute Gasteiger partial charge is 0.0593 e. The van der Waals surface area contributed by atoms with Gasteiger partial charge in [-0.05, 0) is 31.2 Å². The predicted octanol–water partition coefficient (Wildman–Crippen LogP) is 1.59. The lowest BCUT2D eigenvalue weighted by atomic mass is 10.1. The molecular formula is C12H20N2OS. The van der Waals surface area contributed by atoms with Crippen LogP contribution in [0.2, 0.25) is 0 Å². The molecule has 0 aromatic carbocycles. The highest BCUT2D eigenvalue weighted by Crippen LogP contribution is 2.36. The third-order valence-electron chi connectivity index (χ3n) is 3.06. The molecule has 2 atom stereocenters. The van der Waals surface area contributed by atoms with E-state index in [2.05, 4.69) is 29.3 Å². The summed E-state index contributed by atoms with van der Waals surface area (Å²) >= 11 is 1.76. The average molecular weight is 240 g/mol. The van der Waals surface area contributed by atoms with Gasteiger partial charge in [0.2, 0.25) is 0 Å². The van der Waals surface area contributed by atoms with Gasteiger partial charge in [-0.2, -0.15) is 0 Å². The van der Waals surface area contributed by atoms with Crippen LogP contribution in [0.3, 0.4) is 0 Å². The molecule has 2 rings (SSSR count). The Bertz CT molecular complexity index is 309. The van der Waals surface area contributed by atoms with E-state index in [1.807, 2.05) is 0 Å². The van der Waals surface area contributed by atoms with Crippen molar-refractivity contribution in [1.29, 1.82) is 0 Å². The lowest BCUT2D eigenvalue weighted by Gasteiger charge is -2.33. The van der Waals surface area contributed by atoms with Crippen molar-refractivity contribution >= 4 is 11.3 Å². The van der Waals surface area contributed by atoms with Gasteiger partial charge in [0, 0.05) is 23.5 Å². The summed E-state index contributed by atoms with van der Waals surface area (Å²) in [5.41, 5.74) is 6.11. The Morgan fingerprint density at radius 1 is 1.62 bits per heavy atom. The molecular weight excluding hydrogens is 220 g/mol. The fourth-order valence-corrected chi connectivity index (χ4v) is 3.22. The maximum atomic E-state index is 9.16. The molecule has 1 aromatic rings. The summed E-state index contributed by atoms with van der Waals surface area (Å²) in [6.07, 6.45) is 2.49. The van der Waals surface area contributed by atoms with E-state index in [1.165, 1.54) is 17.7 Å². The Morgan fingerprint density at radius 2 is 2.38 bits per heavy atom. The van der Waals surface area contributed by atoms with Crippen molar-refractivity contribution in [2.24, 2.45) is 5.73 Å². The van der Waals surface area contributed by atoms with E-state index in [0.29, 0.717) is 6.04 Å². The first-order chi connectivity index (χ1) is 7.74. The molecule has 3 N–H and O–H groups in total. The molecule has 16 heavy (non-hydrogen) atoms. The van der Waals surface area contributed by atoms with Crippen LogP contribution in [0.4, 0.5) is 0 Å². The van der Waals surface area contributed by atoms with Crippen LogP contribution >= 0.6 is 11.3 Å². The van der Waals surface area contributed by atoms with Crippen molar-refractivity contribution in [3.8, 4) is 0 Å². The van der Waals surface area contributed by atoms with E-state index < -0.39 is 0 Å². The third-order valence-corrected chi connectivity index (χ3v) is 4.01. The summed E-state index contributed by atoms with van der Waals surface area (Å²) in [5, 5.41) is 11.3. The zero-order chi connectivity index (χ0) is 11.5. The van der Waals surface area contributed by atoms with Gasteiger partial charge in [0.25, 0.3) is 0 Å². The molecule has 0 aliphatic heterocycles. The molecule has 1 aromatic heterocycles. The molecule has 0 saturated heterocycles. The van der Waals surface area contributed by atoms with Crippen molar-refractivity contribution in [3.05, 3.63) is 22.4 Å². The Hall–Kier alpha value is -0.420. The predicted molar refractivity (Wildman–Crippen MR) is 67.5 cm³/mol. The highest BCUT2D eigenvalue weighted by molar-refractivity contribution is 7.10. The molecule has 0 radical (unpaired) electrons. The maximum absolute atomic E-state index is 9.16. The molecule has 0 amide bonds. The fraction of sp³-hybridized carbons (Fsp3) is 0.667. The van der Waals surface area contributed by atoms with Gasteiger partial charge < -0.3 is 10.8 Å². The number of rotatable bonds is 6. The van der Waals surface area contributed by atoms with E-state index in [9.17, 15) is 0 Å². The second-order valence-electron chi connectivity index (χ2n) is 4.51. The minimum Gasteiger partial charge on any atom is -0.395 e. The summed E-state index contributed by atoms with van der Waals surface area (Å²) in [5.74, 6) is 0. The zero-order valence-corrected chi connectivity index (χ0v) is 10.5. The third kappa shape index (κ3) is 2.63. The van der Waals surface area contributed by atoms with Crippen LogP contribution in [-0.4, -0.2) is 35.2 Å². The number of aliphatic hydroxyl groups excluding tert-OH is 1. The van der Waals surface area contributed by atoms with Crippen LogP contribution in [0, 0.1) is 0 Å². The van der Waals surface area contributed by atoms with E-state index in [1.54, 1.807) is 11.3 Å². The lowest BCUT2D eigenvalue weighted by molar-refractivity contribution is 0.131. The molecule has 0 bridgehead atoms. The quantitative estimate of drug-likeness (QED) is 0.794. The van der Waals surface area contributed by atoms with Gasteiger partial charge in [-0.15, -0.1) is 11.3 Å². The molecule has 1 heterocycles. The van der Waals surface area contributed by atoms with Gasteiger partial charge in [-0.3, -0.25) is 4.90 Å². The van der Waals surface area contributed by atoms with Crippen molar-refractivity contribution in [2.75, 3.05) is 13.2 Å². The number of aliphatic hydroxyl groups is 1. The van der Waals surface area contributed by atoms with Gasteiger partial charge >= 0.3 is 0 Å². The molecule has 0 spiro atoms. The van der Waals surface area contributed by atoms with E-state index in [4.69, 9.17) is 10.8 Å². The summed E-state index contributed by atoms with van der Waals surface area (Å²) < 4.78 is 0. The van der Waals surface area contributed by atoms with Crippen molar-refractivity contribution in [1.82, 2.24) is 4.90 Å². The first-order valence-electron chi connectivity index (χ1n) is 5.89. The van der Waals surface area contributed by atoms with Crippen LogP contribution in [0.25, 0.3) is 0 Å². The molecule has 3 nitrogen and oxygen atoms in total. The second-order valence-corrected chi connectivity index (χ2v) is 5.49. The van der Waals surface area contributed by atoms with Crippen LogP contribution in [0.5, 0.6) is 0 Å². The highest BCUT2D eigenvalue weighted by atomic mass is 32.1. The summed E-state index contributed by atoms with van der Waals surface area (Å²) in [6.45, 7) is 3.00. The van der Waals surface area contributed by atoms with E-state index >= 15 is 0 Å². The van der Waals surface area contributed by atoms with Gasteiger partial charge in [0.15, 0.2) is 0 Å². The first kappa shape index (κ1) is 12.0. The van der Waals surface area contributed by atoms with E-state index in [0.717, 1.165) is 6.54 Å². The van der Waals surface area contributed by atoms with Gasteiger partial charge in [-0.25, -0.2) is 0 Å². The van der Waals surface area contributed by atoms with Gasteiger partial charge in [0.05, 0.1) is 12.6 Å². The molecule has 1 aliphatic carbocycles. The zero-order valence-electron chi connectivity index (χ0n) is 9.67. The van der Waals surface area contributed by atoms with Crippen molar-refractivity contribution in [2.45, 2.75) is 37.9 Å². The topological polar surface area (TPSA) is 49.5 Å². The molecule has 1 aliphatic rings. The van der Waals surface area contributed by atoms with Crippen LogP contribution in [0.1, 0.15) is 30.7 Å². The summed E-state index contributed by atoms with van der Waals surface area (Å²) in [4.78, 5) is 3.69. The standard InChI is InChI=1S/C12H20N2OS/c1-9(13)12(11-3-2-8-16-11)14(6-7-15)10-4-5-10/h2-3,8-10,12,15H,4-7,13H2,1H3. The Labute approximate surface area is 101 Å². The second kappa shape index (κ2) is 5.27. The maximum Gasteiger partial charge on any atom is 0.0593 e. The monoisotopic (exact) mass is 240 g/mol. The number of nitrogens with zero attached hydrogens (tertiary/aromatic N) is 1. The fourth-order valence-electron chi connectivity index (χ4n) is 2.25. The highest BCUT2D eigenvalue weighted by Gasteiger charge is 2.36. The van der Waals surface area contributed by atoms with Gasteiger partial charge in [0.1, 0.15) is 0 Å². The van der Waals surface area contributed by atoms with Crippen LogP contribution in [-0.2, 0) is 0 Å². The average Bonchev–Trinajstić information content (AvgIpc) is 2.95. The van der Waals surface area contributed by atoms with Gasteiger partial charge in [-0.1, -0.05) is 6.07 Å². The Kier molecular flexibility index (Phi) is 3.97. The molecule has 1 fully saturated rings. The van der Waals surface area contributed by atoms with Crippen LogP contribution in [0.15, 0.2) is 17.5 Å². The lowest BCUT2D eigenvalue weighted by Crippen LogP contribution is -2.41. The first-order valence-corrected chi connectivity index (χ1v) is 6.77. The summed E-state index contributed by atoms with van der Waals surface area (Å²) in [6, 6.07) is 5.21. The van der Waals surface area contributed by atoms with E-state index in [-0.39, 0.29) is 18.7 Å². The largest absolute Gasteiger partial charge is 0.395 e. The molecule has 1 saturated carbocycles. The number of nitrogens with two attached hydrogens (primary N) is 1. The number of hydrogen-bond donors (Lipinski definition) is 2. The normalized spacial score (nSPS) is 20.0. The SMILES string of the molecule is CC(N)C(c1cccs1)N(CCO)C1CC1. The Balaban J connectivity index is 2.16. The minimum atomic E-state index is 0.103. The van der Waals surface area contributed by atoms with Crippen LogP contribution < -0.4 is 5.73 Å². The molecule has 4 heteroatoms. The molecule has 90 valence electrons. The Morgan fingerprint density at radius 3 is 2.81 bits per heavy atom. The minimum absolute atomic E-state index is 0.103.